The number of hydrogen-bond donors (Lipinski definition) is 0. The number of hydrogen-bond acceptors (Lipinski definition) is 5. The molecule has 8 heteroatoms. The van der Waals surface area contributed by atoms with Crippen molar-refractivity contribution in [2.75, 3.05) is 0 Å². The Balaban J connectivity index is 1.77. The van der Waals surface area contributed by atoms with E-state index in [0.29, 0.717) is 17.9 Å². The van der Waals surface area contributed by atoms with Crippen molar-refractivity contribution in [2.45, 2.75) is 67.0 Å². The number of fused-ring (bicyclic) bond motifs is 1. The van der Waals surface area contributed by atoms with Gasteiger partial charge in [0.2, 0.25) is 10.8 Å². The molecule has 0 bridgehead atoms. The molecule has 3 nitrogen and oxygen atoms in total. The van der Waals surface area contributed by atoms with Crippen molar-refractivity contribution in [3.8, 4) is 0 Å². The van der Waals surface area contributed by atoms with Crippen LogP contribution in [0.3, 0.4) is 0 Å². The lowest BCUT2D eigenvalue weighted by Gasteiger charge is -2.48. The van der Waals surface area contributed by atoms with E-state index in [9.17, 15) is 0 Å². The van der Waals surface area contributed by atoms with Crippen LogP contribution in [0.2, 0.25) is 0 Å². The number of halogens is 3. The smallest absolute Gasteiger partial charge is 0.420 e. The quantitative estimate of drug-likeness (QED) is 0.457. The van der Waals surface area contributed by atoms with Crippen LogP contribution < -0.4 is 0 Å². The highest BCUT2D eigenvalue weighted by Crippen LogP contribution is 2.73. The van der Waals surface area contributed by atoms with E-state index in [0.717, 1.165) is 30.2 Å². The monoisotopic (exact) mass is 490 g/mol. The molecule has 1 aliphatic carbocycles. The summed E-state index contributed by atoms with van der Waals surface area (Å²) in [6, 6.07) is 17.6. The summed E-state index contributed by atoms with van der Waals surface area (Å²) in [7, 11) is 0. The van der Waals surface area contributed by atoms with Gasteiger partial charge in [-0.1, -0.05) is 85.3 Å². The molecular weight excluding hydrogens is 465 g/mol. The van der Waals surface area contributed by atoms with Gasteiger partial charge in [-0.3, -0.25) is 4.99 Å². The van der Waals surface area contributed by atoms with Crippen molar-refractivity contribution in [1.82, 2.24) is 0 Å². The Hall–Kier alpha value is -1.93. The summed E-state index contributed by atoms with van der Waals surface area (Å²) >= 11 is 2.36. The number of nitrogens with zero attached hydrogens (tertiary/aromatic N) is 2. The lowest BCUT2D eigenvalue weighted by atomic mass is 9.75. The second kappa shape index (κ2) is 8.08. The van der Waals surface area contributed by atoms with E-state index in [1.165, 1.54) is 11.8 Å². The van der Waals surface area contributed by atoms with E-state index in [1.54, 1.807) is 30.3 Å². The van der Waals surface area contributed by atoms with Crippen LogP contribution in [0, 0.1) is 0 Å². The second-order valence-corrected chi connectivity index (χ2v) is 11.6. The van der Waals surface area contributed by atoms with E-state index in [-0.39, 0.29) is 16.9 Å². The third-order valence-electron chi connectivity index (χ3n) is 6.52. The Labute approximate surface area is 200 Å². The average molecular weight is 491 g/mol. The van der Waals surface area contributed by atoms with Crippen LogP contribution in [0.4, 0.5) is 13.2 Å². The summed E-state index contributed by atoms with van der Waals surface area (Å²) in [5, 5.41) is 0.741. The van der Waals surface area contributed by atoms with Gasteiger partial charge < -0.3 is 4.74 Å². The highest BCUT2D eigenvalue weighted by Gasteiger charge is 2.80. The fraction of sp³-hybridized carbons (Fsp3) is 0.440. The highest BCUT2D eigenvalue weighted by molar-refractivity contribution is 8.32. The van der Waals surface area contributed by atoms with Crippen LogP contribution in [0.1, 0.15) is 50.7 Å². The Kier molecular flexibility index (Phi) is 5.59. The van der Waals surface area contributed by atoms with Gasteiger partial charge in [0.05, 0.1) is 16.7 Å². The van der Waals surface area contributed by atoms with Crippen LogP contribution in [0.25, 0.3) is 0 Å². The number of ether oxygens (including phenoxy) is 1. The molecular formula is C25H25F3N2OS2. The molecule has 0 N–H and O–H groups in total. The maximum absolute atomic E-state index is 15.4. The summed E-state index contributed by atoms with van der Waals surface area (Å²) in [5.41, 5.74) is -2.40. The molecule has 174 valence electrons. The van der Waals surface area contributed by atoms with Gasteiger partial charge in [0.1, 0.15) is 4.08 Å². The molecule has 1 saturated carbocycles. The van der Waals surface area contributed by atoms with Gasteiger partial charge in [-0.15, -0.1) is 0 Å². The molecule has 1 fully saturated rings. The zero-order valence-electron chi connectivity index (χ0n) is 18.4. The van der Waals surface area contributed by atoms with Crippen LogP contribution >= 0.6 is 23.5 Å². The molecule has 2 aliphatic heterocycles. The SMILES string of the molecule is CC(C)OC1=N[C@@](c2ccccc2)(C(F)(F)F)[C@@]2(S1)SC(c1ccccc1)=NC21CCCC1. The predicted molar refractivity (Wildman–Crippen MR) is 130 cm³/mol. The largest absolute Gasteiger partial charge is 0.470 e. The number of aliphatic imine (C=N–C) groups is 2. The minimum Gasteiger partial charge on any atom is -0.470 e. The summed E-state index contributed by atoms with van der Waals surface area (Å²) < 4.78 is 50.7. The number of benzene rings is 2. The first-order valence-electron chi connectivity index (χ1n) is 11.2. The van der Waals surface area contributed by atoms with Crippen molar-refractivity contribution in [3.63, 3.8) is 0 Å². The topological polar surface area (TPSA) is 34.0 Å². The number of rotatable bonds is 3. The molecule has 0 unspecified atom stereocenters. The van der Waals surface area contributed by atoms with E-state index in [4.69, 9.17) is 9.73 Å². The van der Waals surface area contributed by atoms with Crippen LogP contribution in [0.5, 0.6) is 0 Å². The maximum atomic E-state index is 15.4. The predicted octanol–water partition coefficient (Wildman–Crippen LogP) is 7.17. The molecule has 2 aromatic rings. The maximum Gasteiger partial charge on any atom is 0.420 e. The number of alkyl halides is 3. The van der Waals surface area contributed by atoms with Gasteiger partial charge in [0, 0.05) is 5.56 Å². The molecule has 33 heavy (non-hydrogen) atoms. The van der Waals surface area contributed by atoms with E-state index in [2.05, 4.69) is 4.99 Å². The summed E-state index contributed by atoms with van der Waals surface area (Å²) in [5.74, 6) is 0. The Morgan fingerprint density at radius 1 is 0.879 bits per heavy atom. The Morgan fingerprint density at radius 2 is 1.48 bits per heavy atom. The molecule has 2 spiro atoms. The average Bonchev–Trinajstić information content (AvgIpc) is 3.47. The van der Waals surface area contributed by atoms with Crippen LogP contribution in [-0.4, -0.2) is 32.2 Å². The molecule has 2 atom stereocenters. The fourth-order valence-corrected chi connectivity index (χ4v) is 8.95. The third kappa shape index (κ3) is 3.35. The van der Waals surface area contributed by atoms with Crippen molar-refractivity contribution in [1.29, 1.82) is 0 Å². The number of thioether (sulfide) groups is 2. The van der Waals surface area contributed by atoms with Crippen LogP contribution in [-0.2, 0) is 10.3 Å². The van der Waals surface area contributed by atoms with Crippen molar-refractivity contribution >= 4 is 33.8 Å². The summed E-state index contributed by atoms with van der Waals surface area (Å²) in [6.07, 6.45) is -2.05. The molecule has 0 aromatic heterocycles. The first-order valence-corrected chi connectivity index (χ1v) is 12.8. The first kappa shape index (κ1) is 22.8. The van der Waals surface area contributed by atoms with Gasteiger partial charge in [-0.2, -0.15) is 13.2 Å². The molecule has 2 heterocycles. The molecule has 0 radical (unpaired) electrons. The van der Waals surface area contributed by atoms with E-state index in [1.807, 2.05) is 44.2 Å². The Morgan fingerprint density at radius 3 is 2.06 bits per heavy atom. The molecule has 3 aliphatic rings. The van der Waals surface area contributed by atoms with E-state index >= 15 is 13.2 Å². The van der Waals surface area contributed by atoms with Crippen molar-refractivity contribution in [3.05, 3.63) is 71.8 Å². The fourth-order valence-electron chi connectivity index (χ4n) is 5.18. The molecule has 0 saturated heterocycles. The zero-order chi connectivity index (χ0) is 23.3. The minimum atomic E-state index is -4.65. The van der Waals surface area contributed by atoms with Crippen molar-refractivity contribution in [2.24, 2.45) is 9.98 Å². The second-order valence-electron chi connectivity index (χ2n) is 8.96. The Bertz CT molecular complexity index is 1080. The first-order chi connectivity index (χ1) is 15.7. The van der Waals surface area contributed by atoms with Gasteiger partial charge in [-0.05, 0) is 44.0 Å². The van der Waals surface area contributed by atoms with Gasteiger partial charge in [0.15, 0.2) is 0 Å². The minimum absolute atomic E-state index is 0.0921. The van der Waals surface area contributed by atoms with E-state index < -0.39 is 21.3 Å². The summed E-state index contributed by atoms with van der Waals surface area (Å²) in [4.78, 5) is 9.52. The standard InChI is InChI=1S/C25H25F3N2OS2/c1-17(2)31-21-30-23(25(26,27)28,19-13-7-4-8-14-19)24(33-21)22(15-9-10-16-22)29-20(32-24)18-11-5-3-6-12-18/h3-8,11-14,17H,9-10,15-16H2,1-2H3/t23-,24-/m1/s1. The van der Waals surface area contributed by atoms with Crippen LogP contribution in [0.15, 0.2) is 70.6 Å². The van der Waals surface area contributed by atoms with Gasteiger partial charge >= 0.3 is 6.18 Å². The molecule has 2 aromatic carbocycles. The lowest BCUT2D eigenvalue weighted by molar-refractivity contribution is -0.194. The van der Waals surface area contributed by atoms with Gasteiger partial charge in [-0.25, -0.2) is 4.99 Å². The summed E-state index contributed by atoms with van der Waals surface area (Å²) in [6.45, 7) is 3.62. The molecule has 0 amide bonds. The third-order valence-corrected chi connectivity index (χ3v) is 9.83. The lowest BCUT2D eigenvalue weighted by Crippen LogP contribution is -2.62. The highest BCUT2D eigenvalue weighted by atomic mass is 32.2. The normalized spacial score (nSPS) is 28.5. The van der Waals surface area contributed by atoms with Crippen molar-refractivity contribution < 1.29 is 17.9 Å². The molecule has 5 rings (SSSR count). The van der Waals surface area contributed by atoms with Gasteiger partial charge in [0.25, 0.3) is 0 Å². The zero-order valence-corrected chi connectivity index (χ0v) is 20.1.